The molecule has 54 heavy (non-hydrogen) atoms. The molecule has 0 bridgehead atoms. The van der Waals surface area contributed by atoms with Gasteiger partial charge in [-0.25, -0.2) is 0 Å². The Hall–Kier alpha value is -4.83. The monoisotopic (exact) mass is 818 g/mol. The van der Waals surface area contributed by atoms with E-state index in [0.717, 1.165) is 41.3 Å². The minimum Gasteiger partial charge on any atom is -0.289 e. The molecule has 0 aliphatic heterocycles. The lowest BCUT2D eigenvalue weighted by Crippen LogP contribution is -2.11. The van der Waals surface area contributed by atoms with Crippen LogP contribution in [0.4, 0.5) is 0 Å². The molecule has 0 fully saturated rings. The molecule has 0 radical (unpaired) electrons. The van der Waals surface area contributed by atoms with E-state index in [2.05, 4.69) is 158 Å². The second-order valence-corrected chi connectivity index (χ2v) is 20.0. The van der Waals surface area contributed by atoms with Crippen LogP contribution in [0.25, 0.3) is 129 Å². The van der Waals surface area contributed by atoms with Crippen molar-refractivity contribution < 1.29 is 0 Å². The van der Waals surface area contributed by atoms with Gasteiger partial charge < -0.3 is 0 Å². The first-order valence-corrected chi connectivity index (χ1v) is 20.5. The van der Waals surface area contributed by atoms with Gasteiger partial charge >= 0.3 is 0 Å². The first-order chi connectivity index (χ1) is 25.8. The van der Waals surface area contributed by atoms with Gasteiger partial charge in [0.2, 0.25) is 0 Å². The highest BCUT2D eigenvalue weighted by molar-refractivity contribution is 9.10. The Labute approximate surface area is 326 Å². The lowest BCUT2D eigenvalue weighted by molar-refractivity contribution is 0.591. The van der Waals surface area contributed by atoms with Crippen LogP contribution in [0.5, 0.6) is 0 Å². The number of hydrogen-bond acceptors (Lipinski definition) is 1. The van der Waals surface area contributed by atoms with Crippen molar-refractivity contribution in [2.75, 3.05) is 0 Å². The summed E-state index contributed by atoms with van der Waals surface area (Å²) >= 11 is 8.04. The number of halogens is 2. The van der Waals surface area contributed by atoms with Crippen LogP contribution in [-0.2, 0) is 10.8 Å². The number of rotatable bonds is 0. The van der Waals surface area contributed by atoms with E-state index in [1.807, 2.05) is 0 Å². The van der Waals surface area contributed by atoms with Gasteiger partial charge in [0, 0.05) is 41.3 Å². The molecule has 256 valence electrons. The van der Waals surface area contributed by atoms with Crippen LogP contribution in [0.2, 0.25) is 0 Å². The van der Waals surface area contributed by atoms with Crippen LogP contribution in [0.15, 0.2) is 98.7 Å². The van der Waals surface area contributed by atoms with Gasteiger partial charge in [-0.1, -0.05) is 110 Å². The first-order valence-electron chi connectivity index (χ1n) is 18.9. The second-order valence-electron chi connectivity index (χ2n) is 18.2. The fraction of sp³-hybridized carbons (Fsp3) is 0.157. The third-order valence-corrected chi connectivity index (χ3v) is 14.2. The molecule has 13 aromatic rings. The zero-order chi connectivity index (χ0) is 36.6. The fourth-order valence-electron chi connectivity index (χ4n) is 11.0. The zero-order valence-corrected chi connectivity index (χ0v) is 33.9. The lowest BCUT2D eigenvalue weighted by atomic mass is 9.73. The summed E-state index contributed by atoms with van der Waals surface area (Å²) < 4.78 is 2.16. The van der Waals surface area contributed by atoms with Crippen LogP contribution in [-0.4, -0.2) is 0 Å². The third-order valence-electron chi connectivity index (χ3n) is 13.3. The van der Waals surface area contributed by atoms with Crippen molar-refractivity contribution in [1.82, 2.24) is 0 Å². The molecule has 0 saturated carbocycles. The summed E-state index contributed by atoms with van der Waals surface area (Å²) in [5.41, 5.74) is 2.56. The molecule has 0 saturated heterocycles. The molecular weight excluding hydrogens is 788 g/mol. The van der Waals surface area contributed by atoms with Gasteiger partial charge in [0.1, 0.15) is 0 Å². The van der Waals surface area contributed by atoms with Crippen molar-refractivity contribution >= 4 is 161 Å². The summed E-state index contributed by atoms with van der Waals surface area (Å²) in [5.74, 6) is 0. The summed E-state index contributed by atoms with van der Waals surface area (Å²) in [6, 6.07) is 32.2. The Morgan fingerprint density at radius 2 is 0.574 bits per heavy atom. The van der Waals surface area contributed by atoms with Gasteiger partial charge in [-0.2, -0.15) is 0 Å². The topological polar surface area (TPSA) is 17.1 Å². The van der Waals surface area contributed by atoms with Crippen LogP contribution < -0.4 is 5.43 Å². The summed E-state index contributed by atoms with van der Waals surface area (Å²) in [7, 11) is 0. The molecule has 0 amide bonds. The Kier molecular flexibility index (Phi) is 5.17. The van der Waals surface area contributed by atoms with E-state index in [-0.39, 0.29) is 16.3 Å². The predicted molar refractivity (Wildman–Crippen MR) is 243 cm³/mol. The van der Waals surface area contributed by atoms with Gasteiger partial charge in [-0.15, -0.1) is 0 Å². The van der Waals surface area contributed by atoms with Gasteiger partial charge in [-0.05, 0) is 167 Å². The van der Waals surface area contributed by atoms with Crippen molar-refractivity contribution in [3.8, 4) is 0 Å². The van der Waals surface area contributed by atoms with Crippen molar-refractivity contribution in [3.05, 3.63) is 115 Å². The molecule has 1 nitrogen and oxygen atoms in total. The quantitative estimate of drug-likeness (QED) is 0.110. The Bertz CT molecular complexity index is 3620. The van der Waals surface area contributed by atoms with Crippen molar-refractivity contribution in [3.63, 3.8) is 0 Å². The van der Waals surface area contributed by atoms with Gasteiger partial charge in [0.05, 0.1) is 0 Å². The summed E-state index contributed by atoms with van der Waals surface area (Å²) in [4.78, 5) is 15.2. The molecule has 0 N–H and O–H groups in total. The summed E-state index contributed by atoms with van der Waals surface area (Å²) in [5, 5.41) is 29.3. The van der Waals surface area contributed by atoms with Crippen molar-refractivity contribution in [2.24, 2.45) is 0 Å². The molecule has 0 spiro atoms. The maximum atomic E-state index is 15.2. The Morgan fingerprint density at radius 1 is 0.333 bits per heavy atom. The SMILES string of the molecule is CC(C)(C)c1cc2c3cccc4c(=O)c5cccc6c7cc(C(C)(C)C)cc8c9cc(Br)cc%10c%11cc(Br)cc%12c(c1)c2c1c(c43)c(c56)c(c78)c(c9%10)c1c%12%11. The van der Waals surface area contributed by atoms with E-state index in [9.17, 15) is 0 Å². The third kappa shape index (κ3) is 3.28. The smallest absolute Gasteiger partial charge is 0.194 e. The summed E-state index contributed by atoms with van der Waals surface area (Å²) in [6.45, 7) is 13.9. The van der Waals surface area contributed by atoms with E-state index in [1.165, 1.54) is 108 Å². The fourth-order valence-corrected chi connectivity index (χ4v) is 11.9. The minimum absolute atomic E-state index is 0.0783. The minimum atomic E-state index is -0.0783. The number of hydrogen-bond donors (Lipinski definition) is 0. The van der Waals surface area contributed by atoms with Crippen LogP contribution in [0, 0.1) is 0 Å². The van der Waals surface area contributed by atoms with E-state index < -0.39 is 0 Å². The maximum absolute atomic E-state index is 15.2. The average molecular weight is 821 g/mol. The molecule has 13 rings (SSSR count). The van der Waals surface area contributed by atoms with Crippen LogP contribution in [0.3, 0.4) is 0 Å². The molecule has 0 aliphatic carbocycles. The van der Waals surface area contributed by atoms with Crippen molar-refractivity contribution in [1.29, 1.82) is 0 Å². The van der Waals surface area contributed by atoms with E-state index >= 15 is 4.79 Å². The van der Waals surface area contributed by atoms with Gasteiger partial charge in [-0.3, -0.25) is 4.79 Å². The second kappa shape index (κ2) is 9.16. The zero-order valence-electron chi connectivity index (χ0n) is 30.7. The first kappa shape index (κ1) is 30.5. The molecule has 0 aliphatic rings. The predicted octanol–water partition coefficient (Wildman–Crippen LogP) is 15.6. The van der Waals surface area contributed by atoms with E-state index in [4.69, 9.17) is 0 Å². The summed E-state index contributed by atoms with van der Waals surface area (Å²) in [6.07, 6.45) is 0. The number of benzene rings is 12. The Balaban J connectivity index is 1.56. The normalized spacial score (nSPS) is 14.0. The molecule has 13 aromatic carbocycles. The molecule has 0 aromatic heterocycles. The lowest BCUT2D eigenvalue weighted by Gasteiger charge is -2.29. The largest absolute Gasteiger partial charge is 0.289 e. The maximum Gasteiger partial charge on any atom is 0.194 e. The van der Waals surface area contributed by atoms with Gasteiger partial charge in [0.25, 0.3) is 0 Å². The molecular formula is C51H32Br2O. The van der Waals surface area contributed by atoms with E-state index in [0.29, 0.717) is 0 Å². The highest BCUT2D eigenvalue weighted by Crippen LogP contribution is 2.60. The molecule has 0 heterocycles. The molecule has 0 unspecified atom stereocenters. The number of fused-ring (bicyclic) bond motifs is 5. The average Bonchev–Trinajstić information content (AvgIpc) is 3.24. The molecule has 3 heteroatoms. The highest BCUT2D eigenvalue weighted by atomic mass is 79.9. The van der Waals surface area contributed by atoms with Crippen LogP contribution in [0.1, 0.15) is 52.7 Å². The Morgan fingerprint density at radius 3 is 0.870 bits per heavy atom. The van der Waals surface area contributed by atoms with E-state index in [1.54, 1.807) is 0 Å². The van der Waals surface area contributed by atoms with Gasteiger partial charge in [0.15, 0.2) is 5.43 Å². The van der Waals surface area contributed by atoms with Crippen molar-refractivity contribution in [2.45, 2.75) is 52.4 Å². The van der Waals surface area contributed by atoms with Crippen LogP contribution >= 0.6 is 31.9 Å². The molecule has 0 atom stereocenters. The highest BCUT2D eigenvalue weighted by Gasteiger charge is 2.32. The standard InChI is InChI=1S/C51H32Br2O/c1-50(2,3)21-13-29-25-9-7-11-27-37(25)43-44-38-26(10-8-12-28(38)49(27)54)30-14-22(51(4,5)6)16-32-34-18-24(53)20-36-35-19-23(52)17-33-31(15-21)39(29)45(43)47(41(33)35)48(42(34)36)46(44)40(30)32/h7-20H,1-6H3.